The number of anilines is 2. The molecule has 2 N–H and O–H groups in total. The van der Waals surface area contributed by atoms with Gasteiger partial charge in [0.2, 0.25) is 5.95 Å². The van der Waals surface area contributed by atoms with E-state index in [9.17, 15) is 4.79 Å². The van der Waals surface area contributed by atoms with Crippen LogP contribution in [0.1, 0.15) is 29.1 Å². The van der Waals surface area contributed by atoms with E-state index in [4.69, 9.17) is 5.11 Å². The molecule has 0 aliphatic heterocycles. The largest absolute Gasteiger partial charge is 0.477 e. The number of hydrogen-bond acceptors (Lipinski definition) is 5. The SMILES string of the molecule is CC.Cc1cccc(Nc2nccc(-c3ccc(C(=O)O)s3)n2)c1. The van der Waals surface area contributed by atoms with Gasteiger partial charge in [-0.3, -0.25) is 0 Å². The van der Waals surface area contributed by atoms with Crippen molar-refractivity contribution in [3.8, 4) is 10.6 Å². The highest BCUT2D eigenvalue weighted by Crippen LogP contribution is 2.27. The van der Waals surface area contributed by atoms with Crippen molar-refractivity contribution in [1.29, 1.82) is 0 Å². The summed E-state index contributed by atoms with van der Waals surface area (Å²) >= 11 is 1.19. The second kappa shape index (κ2) is 8.21. The number of rotatable bonds is 4. The Bertz CT molecular complexity index is 830. The third-order valence-electron chi connectivity index (χ3n) is 3.00. The molecule has 0 atom stereocenters. The zero-order valence-electron chi connectivity index (χ0n) is 13.8. The first-order valence-corrected chi connectivity index (χ1v) is 8.44. The summed E-state index contributed by atoms with van der Waals surface area (Å²) in [5, 5.41) is 12.1. The Morgan fingerprint density at radius 2 is 1.96 bits per heavy atom. The molecule has 1 aromatic carbocycles. The predicted octanol–water partition coefficient (Wildman–Crippen LogP) is 4.98. The standard InChI is InChI=1S/C16H13N3O2S.C2H6/c1-10-3-2-4-11(9-10)18-16-17-8-7-12(19-16)13-5-6-14(22-13)15(20)21;1-2/h2-9H,1H3,(H,20,21)(H,17,18,19);1-2H3. The van der Waals surface area contributed by atoms with E-state index in [1.165, 1.54) is 11.3 Å². The number of thiophene rings is 1. The van der Waals surface area contributed by atoms with Gasteiger partial charge in [-0.15, -0.1) is 11.3 Å². The van der Waals surface area contributed by atoms with Crippen molar-refractivity contribution in [1.82, 2.24) is 9.97 Å². The molecule has 0 radical (unpaired) electrons. The van der Waals surface area contributed by atoms with Crippen LogP contribution in [0, 0.1) is 6.92 Å². The maximum Gasteiger partial charge on any atom is 0.345 e. The molecule has 0 fully saturated rings. The average Bonchev–Trinajstić information content (AvgIpc) is 3.07. The maximum absolute atomic E-state index is 11.0. The van der Waals surface area contributed by atoms with E-state index in [0.717, 1.165) is 16.1 Å². The van der Waals surface area contributed by atoms with E-state index in [1.54, 1.807) is 24.4 Å². The number of aromatic nitrogens is 2. The van der Waals surface area contributed by atoms with Gasteiger partial charge in [-0.1, -0.05) is 26.0 Å². The molecule has 6 heteroatoms. The molecule has 0 amide bonds. The monoisotopic (exact) mass is 341 g/mol. The van der Waals surface area contributed by atoms with Gasteiger partial charge in [0.1, 0.15) is 4.88 Å². The lowest BCUT2D eigenvalue weighted by Gasteiger charge is -2.06. The minimum atomic E-state index is -0.927. The van der Waals surface area contributed by atoms with E-state index in [0.29, 0.717) is 16.5 Å². The second-order valence-electron chi connectivity index (χ2n) is 4.73. The lowest BCUT2D eigenvalue weighted by atomic mass is 10.2. The first-order chi connectivity index (χ1) is 11.6. The van der Waals surface area contributed by atoms with Crippen molar-refractivity contribution in [3.63, 3.8) is 0 Å². The third kappa shape index (κ3) is 4.39. The van der Waals surface area contributed by atoms with E-state index < -0.39 is 5.97 Å². The van der Waals surface area contributed by atoms with Crippen molar-refractivity contribution >= 4 is 28.9 Å². The number of hydrogen-bond donors (Lipinski definition) is 2. The summed E-state index contributed by atoms with van der Waals surface area (Å²) in [6.45, 7) is 6.02. The fourth-order valence-electron chi connectivity index (χ4n) is 2.00. The van der Waals surface area contributed by atoms with Crippen molar-refractivity contribution in [2.45, 2.75) is 20.8 Å². The molecule has 0 bridgehead atoms. The predicted molar refractivity (Wildman–Crippen MR) is 98.1 cm³/mol. The zero-order chi connectivity index (χ0) is 17.5. The van der Waals surface area contributed by atoms with Gasteiger partial charge in [0.25, 0.3) is 0 Å². The number of aryl methyl sites for hydroxylation is 1. The summed E-state index contributed by atoms with van der Waals surface area (Å²) in [6, 6.07) is 13.0. The van der Waals surface area contributed by atoms with Crippen LogP contribution in [-0.4, -0.2) is 21.0 Å². The number of aromatic carboxylic acids is 1. The number of carbonyl (C=O) groups is 1. The fourth-order valence-corrected chi connectivity index (χ4v) is 2.81. The van der Waals surface area contributed by atoms with Crippen LogP contribution in [0.2, 0.25) is 0 Å². The fraction of sp³-hybridized carbons (Fsp3) is 0.167. The Morgan fingerprint density at radius 1 is 1.17 bits per heavy atom. The van der Waals surface area contributed by atoms with Gasteiger partial charge >= 0.3 is 5.97 Å². The van der Waals surface area contributed by atoms with E-state index in [2.05, 4.69) is 15.3 Å². The molecule has 0 saturated carbocycles. The molecular formula is C18H19N3O2S. The van der Waals surface area contributed by atoms with Gasteiger partial charge in [-0.25, -0.2) is 14.8 Å². The van der Waals surface area contributed by atoms with E-state index >= 15 is 0 Å². The Morgan fingerprint density at radius 3 is 2.62 bits per heavy atom. The van der Waals surface area contributed by atoms with E-state index in [-0.39, 0.29) is 0 Å². The van der Waals surface area contributed by atoms with Crippen LogP contribution in [0.5, 0.6) is 0 Å². The molecule has 0 spiro atoms. The maximum atomic E-state index is 11.0. The molecule has 0 saturated heterocycles. The summed E-state index contributed by atoms with van der Waals surface area (Å²) in [7, 11) is 0. The van der Waals surface area contributed by atoms with Crippen LogP contribution < -0.4 is 5.32 Å². The minimum absolute atomic E-state index is 0.293. The summed E-state index contributed by atoms with van der Waals surface area (Å²) in [4.78, 5) is 20.7. The molecular weight excluding hydrogens is 322 g/mol. The van der Waals surface area contributed by atoms with Gasteiger partial charge in [0.15, 0.2) is 0 Å². The van der Waals surface area contributed by atoms with Gasteiger partial charge < -0.3 is 10.4 Å². The second-order valence-corrected chi connectivity index (χ2v) is 5.81. The van der Waals surface area contributed by atoms with Gasteiger partial charge in [0, 0.05) is 11.9 Å². The normalized spacial score (nSPS) is 9.79. The van der Waals surface area contributed by atoms with Crippen molar-refractivity contribution in [2.24, 2.45) is 0 Å². The summed E-state index contributed by atoms with van der Waals surface area (Å²) < 4.78 is 0. The van der Waals surface area contributed by atoms with Crippen molar-refractivity contribution < 1.29 is 9.90 Å². The van der Waals surface area contributed by atoms with Crippen molar-refractivity contribution in [3.05, 3.63) is 59.1 Å². The summed E-state index contributed by atoms with van der Waals surface area (Å²) in [5.74, 6) is -0.447. The van der Waals surface area contributed by atoms with Gasteiger partial charge in [0.05, 0.1) is 10.6 Å². The Labute approximate surface area is 145 Å². The quantitative estimate of drug-likeness (QED) is 0.700. The van der Waals surface area contributed by atoms with Gasteiger partial charge in [-0.05, 0) is 42.8 Å². The Kier molecular flexibility index (Phi) is 6.03. The molecule has 2 aromatic heterocycles. The topological polar surface area (TPSA) is 75.1 Å². The number of benzene rings is 1. The minimum Gasteiger partial charge on any atom is -0.477 e. The molecule has 5 nitrogen and oxygen atoms in total. The molecule has 0 unspecified atom stereocenters. The summed E-state index contributed by atoms with van der Waals surface area (Å²) in [6.07, 6.45) is 1.65. The lowest BCUT2D eigenvalue weighted by Crippen LogP contribution is -1.97. The zero-order valence-corrected chi connectivity index (χ0v) is 14.6. The first-order valence-electron chi connectivity index (χ1n) is 7.62. The number of carboxylic acids is 1. The Balaban J connectivity index is 0.00000100. The van der Waals surface area contributed by atoms with Crippen LogP contribution in [0.3, 0.4) is 0 Å². The highest BCUT2D eigenvalue weighted by Gasteiger charge is 2.10. The van der Waals surface area contributed by atoms with Gasteiger partial charge in [-0.2, -0.15) is 0 Å². The molecule has 0 aliphatic rings. The highest BCUT2D eigenvalue weighted by atomic mass is 32.1. The molecule has 2 heterocycles. The lowest BCUT2D eigenvalue weighted by molar-refractivity contribution is 0.0702. The average molecular weight is 341 g/mol. The van der Waals surface area contributed by atoms with Crippen LogP contribution >= 0.6 is 11.3 Å². The van der Waals surface area contributed by atoms with Crippen LogP contribution in [0.25, 0.3) is 10.6 Å². The van der Waals surface area contributed by atoms with Crippen LogP contribution in [-0.2, 0) is 0 Å². The number of nitrogens with zero attached hydrogens (tertiary/aromatic N) is 2. The van der Waals surface area contributed by atoms with Crippen LogP contribution in [0.15, 0.2) is 48.7 Å². The smallest absolute Gasteiger partial charge is 0.345 e. The molecule has 3 rings (SSSR count). The summed E-state index contributed by atoms with van der Waals surface area (Å²) in [5.41, 5.74) is 2.75. The first kappa shape index (κ1) is 17.6. The molecule has 0 aliphatic carbocycles. The van der Waals surface area contributed by atoms with E-state index in [1.807, 2.05) is 45.0 Å². The third-order valence-corrected chi connectivity index (χ3v) is 4.09. The molecule has 24 heavy (non-hydrogen) atoms. The Hall–Kier alpha value is -2.73. The molecule has 3 aromatic rings. The molecule has 124 valence electrons. The van der Waals surface area contributed by atoms with Crippen molar-refractivity contribution in [2.75, 3.05) is 5.32 Å². The highest BCUT2D eigenvalue weighted by molar-refractivity contribution is 7.17. The van der Waals surface area contributed by atoms with Crippen LogP contribution in [0.4, 0.5) is 11.6 Å². The number of carboxylic acid groups (broad SMARTS) is 1. The number of nitrogens with one attached hydrogen (secondary N) is 1.